The standard InChI is InChI=1S/C21H25FN4O/c1-3-26-17-9-6-8-16(22)21(17)24-20(26)14-25-12-11-23-13-18(25)15-7-4-5-10-19(15)27-2/h4-10,18,23H,3,11-14H2,1-2H3. The first kappa shape index (κ1) is 17.9. The Bertz CT molecular complexity index is 939. The molecule has 1 unspecified atom stereocenters. The smallest absolute Gasteiger partial charge is 0.151 e. The lowest BCUT2D eigenvalue weighted by atomic mass is 10.0. The van der Waals surface area contributed by atoms with Crippen molar-refractivity contribution in [2.75, 3.05) is 26.7 Å². The summed E-state index contributed by atoms with van der Waals surface area (Å²) in [7, 11) is 1.71. The van der Waals surface area contributed by atoms with E-state index in [1.54, 1.807) is 13.2 Å². The number of ether oxygens (including phenoxy) is 1. The van der Waals surface area contributed by atoms with Gasteiger partial charge < -0.3 is 14.6 Å². The number of imidazole rings is 1. The number of hydrogen-bond donors (Lipinski definition) is 1. The van der Waals surface area contributed by atoms with E-state index in [-0.39, 0.29) is 11.9 Å². The van der Waals surface area contributed by atoms with Gasteiger partial charge in [-0.1, -0.05) is 24.3 Å². The molecule has 4 rings (SSSR count). The van der Waals surface area contributed by atoms with Gasteiger partial charge in [0.25, 0.3) is 0 Å². The Morgan fingerprint density at radius 3 is 2.89 bits per heavy atom. The van der Waals surface area contributed by atoms with Crippen molar-refractivity contribution in [1.82, 2.24) is 19.8 Å². The molecule has 142 valence electrons. The van der Waals surface area contributed by atoms with Crippen molar-refractivity contribution in [3.8, 4) is 5.75 Å². The molecule has 6 heteroatoms. The summed E-state index contributed by atoms with van der Waals surface area (Å²) in [6.45, 7) is 6.18. The third-order valence-corrected chi connectivity index (χ3v) is 5.32. The van der Waals surface area contributed by atoms with Crippen LogP contribution < -0.4 is 10.1 Å². The first-order valence-electron chi connectivity index (χ1n) is 9.44. The van der Waals surface area contributed by atoms with Gasteiger partial charge in [0, 0.05) is 31.7 Å². The number of hydrogen-bond acceptors (Lipinski definition) is 4. The number of nitrogens with one attached hydrogen (secondary N) is 1. The molecule has 0 saturated carbocycles. The number of nitrogens with zero attached hydrogens (tertiary/aromatic N) is 3. The van der Waals surface area contributed by atoms with Crippen LogP contribution in [0.1, 0.15) is 24.4 Å². The molecule has 5 nitrogen and oxygen atoms in total. The normalized spacial score (nSPS) is 18.1. The van der Waals surface area contributed by atoms with Gasteiger partial charge in [0.2, 0.25) is 0 Å². The fourth-order valence-electron chi connectivity index (χ4n) is 4.00. The second kappa shape index (κ2) is 7.66. The van der Waals surface area contributed by atoms with E-state index in [0.717, 1.165) is 48.8 Å². The van der Waals surface area contributed by atoms with Crippen LogP contribution in [0.4, 0.5) is 4.39 Å². The Morgan fingerprint density at radius 2 is 2.07 bits per heavy atom. The zero-order valence-corrected chi connectivity index (χ0v) is 15.8. The molecule has 27 heavy (non-hydrogen) atoms. The highest BCUT2D eigenvalue weighted by Gasteiger charge is 2.27. The SMILES string of the molecule is CCn1c(CN2CCNCC2c2ccccc2OC)nc2c(F)cccc21. The third kappa shape index (κ3) is 3.31. The summed E-state index contributed by atoms with van der Waals surface area (Å²) in [4.78, 5) is 7.04. The number of fused-ring (bicyclic) bond motifs is 1. The summed E-state index contributed by atoms with van der Waals surface area (Å²) < 4.78 is 21.9. The molecular weight excluding hydrogens is 343 g/mol. The summed E-state index contributed by atoms with van der Waals surface area (Å²) in [6.07, 6.45) is 0. The Kier molecular flexibility index (Phi) is 5.09. The minimum atomic E-state index is -0.262. The number of halogens is 1. The minimum absolute atomic E-state index is 0.185. The average Bonchev–Trinajstić information content (AvgIpc) is 3.07. The average molecular weight is 368 g/mol. The molecule has 2 heterocycles. The lowest BCUT2D eigenvalue weighted by molar-refractivity contribution is 0.146. The molecule has 1 atom stereocenters. The molecule has 1 aromatic heterocycles. The number of rotatable bonds is 5. The van der Waals surface area contributed by atoms with Crippen LogP contribution in [0.15, 0.2) is 42.5 Å². The maximum absolute atomic E-state index is 14.2. The highest BCUT2D eigenvalue weighted by Crippen LogP contribution is 2.31. The number of piperazine rings is 1. The van der Waals surface area contributed by atoms with Gasteiger partial charge in [-0.3, -0.25) is 4.90 Å². The number of methoxy groups -OCH3 is 1. The van der Waals surface area contributed by atoms with Crippen molar-refractivity contribution in [2.45, 2.75) is 26.1 Å². The van der Waals surface area contributed by atoms with Crippen LogP contribution in [0.3, 0.4) is 0 Å². The summed E-state index contributed by atoms with van der Waals surface area (Å²) in [5.74, 6) is 1.54. The number of aryl methyl sites for hydroxylation is 1. The van der Waals surface area contributed by atoms with Crippen LogP contribution in [0.2, 0.25) is 0 Å². The molecule has 1 saturated heterocycles. The van der Waals surface area contributed by atoms with E-state index in [0.29, 0.717) is 12.1 Å². The third-order valence-electron chi connectivity index (χ3n) is 5.32. The monoisotopic (exact) mass is 368 g/mol. The second-order valence-corrected chi connectivity index (χ2v) is 6.81. The van der Waals surface area contributed by atoms with E-state index in [1.807, 2.05) is 24.3 Å². The zero-order chi connectivity index (χ0) is 18.8. The van der Waals surface area contributed by atoms with E-state index in [9.17, 15) is 4.39 Å². The predicted molar refractivity (Wildman–Crippen MR) is 104 cm³/mol. The molecule has 0 aliphatic carbocycles. The maximum Gasteiger partial charge on any atom is 0.151 e. The number of benzene rings is 2. The summed E-state index contributed by atoms with van der Waals surface area (Å²) >= 11 is 0. The van der Waals surface area contributed by atoms with Gasteiger partial charge in [-0.15, -0.1) is 0 Å². The van der Waals surface area contributed by atoms with Crippen LogP contribution in [-0.2, 0) is 13.1 Å². The van der Waals surface area contributed by atoms with Gasteiger partial charge in [-0.25, -0.2) is 9.37 Å². The van der Waals surface area contributed by atoms with Crippen molar-refractivity contribution < 1.29 is 9.13 Å². The Hall–Kier alpha value is -2.44. The number of aromatic nitrogens is 2. The fourth-order valence-corrected chi connectivity index (χ4v) is 4.00. The first-order valence-corrected chi connectivity index (χ1v) is 9.44. The Morgan fingerprint density at radius 1 is 1.22 bits per heavy atom. The van der Waals surface area contributed by atoms with E-state index in [4.69, 9.17) is 4.74 Å². The van der Waals surface area contributed by atoms with Crippen molar-refractivity contribution in [3.05, 3.63) is 59.7 Å². The molecule has 0 radical (unpaired) electrons. The van der Waals surface area contributed by atoms with Crippen LogP contribution >= 0.6 is 0 Å². The van der Waals surface area contributed by atoms with Gasteiger partial charge in [-0.2, -0.15) is 0 Å². The van der Waals surface area contributed by atoms with Gasteiger partial charge in [0.05, 0.1) is 25.2 Å². The van der Waals surface area contributed by atoms with Gasteiger partial charge in [0.15, 0.2) is 5.82 Å². The molecule has 0 bridgehead atoms. The zero-order valence-electron chi connectivity index (χ0n) is 15.8. The van der Waals surface area contributed by atoms with Crippen LogP contribution in [0.25, 0.3) is 11.0 Å². The van der Waals surface area contributed by atoms with Gasteiger partial charge in [-0.05, 0) is 25.1 Å². The Balaban J connectivity index is 1.70. The van der Waals surface area contributed by atoms with Crippen molar-refractivity contribution in [1.29, 1.82) is 0 Å². The molecule has 1 aliphatic heterocycles. The molecule has 1 fully saturated rings. The van der Waals surface area contributed by atoms with Gasteiger partial charge >= 0.3 is 0 Å². The minimum Gasteiger partial charge on any atom is -0.496 e. The number of para-hydroxylation sites is 2. The van der Waals surface area contributed by atoms with E-state index >= 15 is 0 Å². The molecule has 3 aromatic rings. The van der Waals surface area contributed by atoms with Crippen LogP contribution in [0.5, 0.6) is 5.75 Å². The maximum atomic E-state index is 14.2. The molecule has 2 aromatic carbocycles. The van der Waals surface area contributed by atoms with E-state index in [1.165, 1.54) is 6.07 Å². The van der Waals surface area contributed by atoms with Crippen molar-refractivity contribution in [3.63, 3.8) is 0 Å². The quantitative estimate of drug-likeness (QED) is 0.750. The molecule has 1 N–H and O–H groups in total. The van der Waals surface area contributed by atoms with Gasteiger partial charge in [0.1, 0.15) is 17.1 Å². The fraction of sp³-hybridized carbons (Fsp3) is 0.381. The highest BCUT2D eigenvalue weighted by atomic mass is 19.1. The summed E-state index contributed by atoms with van der Waals surface area (Å²) in [6, 6.07) is 13.5. The molecule has 0 amide bonds. The topological polar surface area (TPSA) is 42.3 Å². The molecule has 1 aliphatic rings. The van der Waals surface area contributed by atoms with Crippen molar-refractivity contribution in [2.24, 2.45) is 0 Å². The van der Waals surface area contributed by atoms with E-state index < -0.39 is 0 Å². The second-order valence-electron chi connectivity index (χ2n) is 6.81. The Labute approximate surface area is 158 Å². The molecular formula is C21H25FN4O. The van der Waals surface area contributed by atoms with Crippen LogP contribution in [-0.4, -0.2) is 41.2 Å². The van der Waals surface area contributed by atoms with E-state index in [2.05, 4.69) is 32.8 Å². The summed E-state index contributed by atoms with van der Waals surface area (Å²) in [5, 5.41) is 3.48. The molecule has 0 spiro atoms. The largest absolute Gasteiger partial charge is 0.496 e. The van der Waals surface area contributed by atoms with Crippen molar-refractivity contribution >= 4 is 11.0 Å². The summed E-state index contributed by atoms with van der Waals surface area (Å²) in [5.41, 5.74) is 2.48. The lowest BCUT2D eigenvalue weighted by Crippen LogP contribution is -2.46. The predicted octanol–water partition coefficient (Wildman–Crippen LogP) is 3.35. The lowest BCUT2D eigenvalue weighted by Gasteiger charge is -2.36. The highest BCUT2D eigenvalue weighted by molar-refractivity contribution is 5.76. The van der Waals surface area contributed by atoms with Crippen LogP contribution in [0, 0.1) is 5.82 Å². The first-order chi connectivity index (χ1) is 13.2.